The van der Waals surface area contributed by atoms with Gasteiger partial charge >= 0.3 is 0 Å². The summed E-state index contributed by atoms with van der Waals surface area (Å²) in [6.45, 7) is 0.657. The van der Waals surface area contributed by atoms with Crippen LogP contribution >= 0.6 is 15.9 Å². The molecule has 2 aliphatic rings. The molecule has 2 amide bonds. The van der Waals surface area contributed by atoms with Crippen molar-refractivity contribution in [3.8, 4) is 0 Å². The second-order valence-corrected chi connectivity index (χ2v) is 6.51. The number of rotatable bonds is 3. The summed E-state index contributed by atoms with van der Waals surface area (Å²) in [5.41, 5.74) is 0.614. The average Bonchev–Trinajstić information content (AvgIpc) is 2.96. The molecular formula is C14H18BrN3O2. The van der Waals surface area contributed by atoms with Crippen molar-refractivity contribution >= 4 is 27.7 Å². The molecule has 0 radical (unpaired) electrons. The van der Waals surface area contributed by atoms with E-state index in [2.05, 4.69) is 21.2 Å². The van der Waals surface area contributed by atoms with E-state index in [-0.39, 0.29) is 17.9 Å². The van der Waals surface area contributed by atoms with Gasteiger partial charge in [-0.15, -0.1) is 0 Å². The fourth-order valence-electron chi connectivity index (χ4n) is 2.69. The van der Waals surface area contributed by atoms with E-state index in [1.54, 1.807) is 15.5 Å². The summed E-state index contributed by atoms with van der Waals surface area (Å²) >= 11 is 3.37. The van der Waals surface area contributed by atoms with Crippen LogP contribution in [0.3, 0.4) is 0 Å². The summed E-state index contributed by atoms with van der Waals surface area (Å²) in [4.78, 5) is 26.5. The molecule has 0 bridgehead atoms. The van der Waals surface area contributed by atoms with Gasteiger partial charge in [-0.25, -0.2) is 0 Å². The van der Waals surface area contributed by atoms with Crippen molar-refractivity contribution in [2.24, 2.45) is 7.05 Å². The number of carbonyl (C=O) groups excluding carboxylic acids is 2. The van der Waals surface area contributed by atoms with Gasteiger partial charge in [0.05, 0.1) is 0 Å². The summed E-state index contributed by atoms with van der Waals surface area (Å²) in [6, 6.07) is 1.83. The van der Waals surface area contributed by atoms with Crippen LogP contribution in [0, 0.1) is 0 Å². The normalized spacial score (nSPS) is 22.1. The quantitative estimate of drug-likeness (QED) is 0.910. The summed E-state index contributed by atoms with van der Waals surface area (Å²) < 4.78 is 2.67. The maximum absolute atomic E-state index is 12.6. The molecular weight excluding hydrogens is 322 g/mol. The van der Waals surface area contributed by atoms with Gasteiger partial charge in [0.2, 0.25) is 5.91 Å². The minimum atomic E-state index is -0.309. The molecule has 0 aromatic carbocycles. The third-order valence-electron chi connectivity index (χ3n) is 3.93. The Morgan fingerprint density at radius 2 is 2.10 bits per heavy atom. The first-order chi connectivity index (χ1) is 9.56. The third-order valence-corrected chi connectivity index (χ3v) is 4.36. The predicted molar refractivity (Wildman–Crippen MR) is 78.3 cm³/mol. The topological polar surface area (TPSA) is 54.3 Å². The number of amides is 2. The standard InChI is InChI=1S/C14H18BrN3O2/c1-17-8-9(15)7-12(17)14(20)18-6-2-3-11(18)13(19)16-10-4-5-10/h7-8,10-11H,2-6H2,1H3,(H,16,19). The lowest BCUT2D eigenvalue weighted by molar-refractivity contribution is -0.125. The van der Waals surface area contributed by atoms with Crippen LogP contribution in [0.15, 0.2) is 16.7 Å². The molecule has 1 saturated carbocycles. The van der Waals surface area contributed by atoms with Gasteiger partial charge in [-0.2, -0.15) is 0 Å². The molecule has 108 valence electrons. The SMILES string of the molecule is Cn1cc(Br)cc1C(=O)N1CCCC1C(=O)NC1CC1. The predicted octanol–water partition coefficient (Wildman–Crippen LogP) is 1.67. The Morgan fingerprint density at radius 1 is 1.35 bits per heavy atom. The molecule has 0 spiro atoms. The van der Waals surface area contributed by atoms with Crippen LogP contribution in [0.4, 0.5) is 0 Å². The van der Waals surface area contributed by atoms with Crippen LogP contribution in [0.25, 0.3) is 0 Å². The number of nitrogens with zero attached hydrogens (tertiary/aromatic N) is 2. The van der Waals surface area contributed by atoms with E-state index >= 15 is 0 Å². The van der Waals surface area contributed by atoms with Crippen molar-refractivity contribution in [1.29, 1.82) is 0 Å². The van der Waals surface area contributed by atoms with E-state index in [1.807, 2.05) is 13.2 Å². The largest absolute Gasteiger partial charge is 0.352 e. The van der Waals surface area contributed by atoms with E-state index in [1.165, 1.54) is 0 Å². The van der Waals surface area contributed by atoms with Crippen LogP contribution in [0.1, 0.15) is 36.2 Å². The Bertz CT molecular complexity index is 551. The van der Waals surface area contributed by atoms with Gasteiger partial charge in [0.15, 0.2) is 0 Å². The van der Waals surface area contributed by atoms with Crippen molar-refractivity contribution in [3.05, 3.63) is 22.4 Å². The molecule has 1 N–H and O–H groups in total. The first-order valence-corrected chi connectivity index (χ1v) is 7.79. The van der Waals surface area contributed by atoms with E-state index in [0.29, 0.717) is 18.3 Å². The molecule has 1 unspecified atom stereocenters. The van der Waals surface area contributed by atoms with Crippen molar-refractivity contribution in [2.75, 3.05) is 6.54 Å². The summed E-state index contributed by atoms with van der Waals surface area (Å²) in [7, 11) is 1.84. The lowest BCUT2D eigenvalue weighted by atomic mass is 10.2. The van der Waals surface area contributed by atoms with Gasteiger partial charge in [0.1, 0.15) is 11.7 Å². The Labute approximate surface area is 126 Å². The smallest absolute Gasteiger partial charge is 0.271 e. The molecule has 1 aliphatic carbocycles. The molecule has 1 atom stereocenters. The molecule has 3 rings (SSSR count). The van der Waals surface area contributed by atoms with Gasteiger partial charge < -0.3 is 14.8 Å². The Kier molecular flexibility index (Phi) is 3.58. The molecule has 5 nitrogen and oxygen atoms in total. The van der Waals surface area contributed by atoms with Crippen molar-refractivity contribution in [2.45, 2.75) is 37.8 Å². The van der Waals surface area contributed by atoms with E-state index < -0.39 is 0 Å². The molecule has 1 aliphatic heterocycles. The minimum Gasteiger partial charge on any atom is -0.352 e. The Balaban J connectivity index is 1.75. The molecule has 2 heterocycles. The average molecular weight is 340 g/mol. The lowest BCUT2D eigenvalue weighted by Crippen LogP contribution is -2.46. The van der Waals surface area contributed by atoms with Crippen LogP contribution in [-0.4, -0.2) is 39.9 Å². The first-order valence-electron chi connectivity index (χ1n) is 6.99. The highest BCUT2D eigenvalue weighted by Gasteiger charge is 2.37. The van der Waals surface area contributed by atoms with Gasteiger partial charge in [0.25, 0.3) is 5.91 Å². The highest BCUT2D eigenvalue weighted by Crippen LogP contribution is 2.24. The third kappa shape index (κ3) is 2.61. The zero-order valence-corrected chi connectivity index (χ0v) is 13.0. The van der Waals surface area contributed by atoms with Gasteiger partial charge in [-0.05, 0) is 47.7 Å². The summed E-state index contributed by atoms with van der Waals surface area (Å²) in [5.74, 6) is -0.0572. The molecule has 20 heavy (non-hydrogen) atoms. The summed E-state index contributed by atoms with van der Waals surface area (Å²) in [6.07, 6.45) is 5.63. The number of likely N-dealkylation sites (tertiary alicyclic amines) is 1. The van der Waals surface area contributed by atoms with Gasteiger partial charge in [-0.1, -0.05) is 0 Å². The van der Waals surface area contributed by atoms with Crippen LogP contribution in [-0.2, 0) is 11.8 Å². The number of carbonyl (C=O) groups is 2. The highest BCUT2D eigenvalue weighted by molar-refractivity contribution is 9.10. The second kappa shape index (κ2) is 5.24. The maximum Gasteiger partial charge on any atom is 0.271 e. The fourth-order valence-corrected chi connectivity index (χ4v) is 3.22. The van der Waals surface area contributed by atoms with E-state index in [4.69, 9.17) is 0 Å². The zero-order chi connectivity index (χ0) is 14.3. The molecule has 6 heteroatoms. The number of hydrogen-bond acceptors (Lipinski definition) is 2. The van der Waals surface area contributed by atoms with Crippen molar-refractivity contribution in [1.82, 2.24) is 14.8 Å². The van der Waals surface area contributed by atoms with Crippen LogP contribution in [0.2, 0.25) is 0 Å². The van der Waals surface area contributed by atoms with Crippen LogP contribution in [0.5, 0.6) is 0 Å². The first kappa shape index (κ1) is 13.7. The number of aromatic nitrogens is 1. The van der Waals surface area contributed by atoms with Gasteiger partial charge in [0, 0.05) is 30.3 Å². The monoisotopic (exact) mass is 339 g/mol. The molecule has 1 saturated heterocycles. The molecule has 1 aromatic rings. The fraction of sp³-hybridized carbons (Fsp3) is 0.571. The summed E-state index contributed by atoms with van der Waals surface area (Å²) in [5, 5.41) is 3.00. The van der Waals surface area contributed by atoms with E-state index in [0.717, 1.165) is 30.2 Å². The second-order valence-electron chi connectivity index (χ2n) is 5.59. The van der Waals surface area contributed by atoms with Crippen LogP contribution < -0.4 is 5.32 Å². The number of nitrogens with one attached hydrogen (secondary N) is 1. The highest BCUT2D eigenvalue weighted by atomic mass is 79.9. The van der Waals surface area contributed by atoms with Gasteiger partial charge in [-0.3, -0.25) is 9.59 Å². The lowest BCUT2D eigenvalue weighted by Gasteiger charge is -2.24. The van der Waals surface area contributed by atoms with Crippen molar-refractivity contribution < 1.29 is 9.59 Å². The number of halogens is 1. The number of aryl methyl sites for hydroxylation is 1. The zero-order valence-electron chi connectivity index (χ0n) is 11.4. The Hall–Kier alpha value is -1.30. The van der Waals surface area contributed by atoms with Crippen molar-refractivity contribution in [3.63, 3.8) is 0 Å². The number of hydrogen-bond donors (Lipinski definition) is 1. The molecule has 2 fully saturated rings. The molecule has 1 aromatic heterocycles. The maximum atomic E-state index is 12.6. The minimum absolute atomic E-state index is 0.00613. The Morgan fingerprint density at radius 3 is 2.70 bits per heavy atom. The van der Waals surface area contributed by atoms with E-state index in [9.17, 15) is 9.59 Å².